The second-order valence-corrected chi connectivity index (χ2v) is 6.12. The Labute approximate surface area is 98.2 Å². The molecule has 1 aromatic heterocycles. The molecule has 2 rings (SSSR count). The van der Waals surface area contributed by atoms with Gasteiger partial charge in [0.1, 0.15) is 0 Å². The summed E-state index contributed by atoms with van der Waals surface area (Å²) >= 11 is 0. The quantitative estimate of drug-likeness (QED) is 0.850. The van der Waals surface area contributed by atoms with Gasteiger partial charge in [0.2, 0.25) is 0 Å². The summed E-state index contributed by atoms with van der Waals surface area (Å²) in [6.07, 6.45) is 6.77. The van der Waals surface area contributed by atoms with Crippen molar-refractivity contribution in [2.75, 3.05) is 0 Å². The van der Waals surface area contributed by atoms with Crippen LogP contribution >= 0.6 is 0 Å². The van der Waals surface area contributed by atoms with Crippen molar-refractivity contribution in [1.82, 2.24) is 15.1 Å². The van der Waals surface area contributed by atoms with Gasteiger partial charge >= 0.3 is 0 Å². The maximum Gasteiger partial charge on any atom is 0.0543 e. The van der Waals surface area contributed by atoms with Crippen molar-refractivity contribution in [2.24, 2.45) is 5.92 Å². The predicted octanol–water partition coefficient (Wildman–Crippen LogP) is 2.53. The average Bonchev–Trinajstić information content (AvgIpc) is 2.58. The van der Waals surface area contributed by atoms with Crippen LogP contribution in [-0.2, 0) is 12.1 Å². The SMILES string of the molecule is CC1CC(NCc2cnn(C(C)(C)C)c2)C1. The highest BCUT2D eigenvalue weighted by atomic mass is 15.3. The van der Waals surface area contributed by atoms with E-state index >= 15 is 0 Å². The van der Waals surface area contributed by atoms with Gasteiger partial charge in [-0.3, -0.25) is 4.68 Å². The maximum absolute atomic E-state index is 4.40. The highest BCUT2D eigenvalue weighted by Crippen LogP contribution is 2.26. The predicted molar refractivity (Wildman–Crippen MR) is 66.2 cm³/mol. The van der Waals surface area contributed by atoms with Crippen LogP contribution in [0, 0.1) is 5.92 Å². The van der Waals surface area contributed by atoms with Crippen LogP contribution in [-0.4, -0.2) is 15.8 Å². The van der Waals surface area contributed by atoms with Gasteiger partial charge in [0.15, 0.2) is 0 Å². The number of rotatable bonds is 3. The number of hydrogen-bond acceptors (Lipinski definition) is 2. The minimum Gasteiger partial charge on any atom is -0.310 e. The molecule has 3 heteroatoms. The van der Waals surface area contributed by atoms with Crippen molar-refractivity contribution in [1.29, 1.82) is 0 Å². The van der Waals surface area contributed by atoms with Gasteiger partial charge in [0.25, 0.3) is 0 Å². The van der Waals surface area contributed by atoms with E-state index in [1.807, 2.05) is 10.9 Å². The molecule has 0 bridgehead atoms. The summed E-state index contributed by atoms with van der Waals surface area (Å²) in [5.41, 5.74) is 1.37. The van der Waals surface area contributed by atoms with E-state index in [1.54, 1.807) is 0 Å². The molecule has 1 aliphatic carbocycles. The van der Waals surface area contributed by atoms with E-state index in [9.17, 15) is 0 Å². The summed E-state index contributed by atoms with van der Waals surface area (Å²) in [4.78, 5) is 0. The average molecular weight is 221 g/mol. The van der Waals surface area contributed by atoms with Crippen molar-refractivity contribution in [3.05, 3.63) is 18.0 Å². The van der Waals surface area contributed by atoms with Crippen LogP contribution in [0.15, 0.2) is 12.4 Å². The van der Waals surface area contributed by atoms with Crippen LogP contribution < -0.4 is 5.32 Å². The first-order chi connectivity index (χ1) is 7.45. The van der Waals surface area contributed by atoms with Crippen LogP contribution in [0.5, 0.6) is 0 Å². The molecular formula is C13H23N3. The Morgan fingerprint density at radius 1 is 1.44 bits per heavy atom. The van der Waals surface area contributed by atoms with Gasteiger partial charge in [0.05, 0.1) is 11.7 Å². The van der Waals surface area contributed by atoms with Crippen molar-refractivity contribution in [3.8, 4) is 0 Å². The van der Waals surface area contributed by atoms with E-state index in [4.69, 9.17) is 0 Å². The monoisotopic (exact) mass is 221 g/mol. The fraction of sp³-hybridized carbons (Fsp3) is 0.769. The lowest BCUT2D eigenvalue weighted by Gasteiger charge is -2.33. The summed E-state index contributed by atoms with van der Waals surface area (Å²) in [6.45, 7) is 9.78. The Morgan fingerprint density at radius 3 is 2.62 bits per heavy atom. The topological polar surface area (TPSA) is 29.9 Å². The zero-order chi connectivity index (χ0) is 11.8. The molecule has 0 amide bonds. The molecule has 90 valence electrons. The van der Waals surface area contributed by atoms with Crippen molar-refractivity contribution in [3.63, 3.8) is 0 Å². The van der Waals surface area contributed by atoms with Crippen LogP contribution in [0.2, 0.25) is 0 Å². The first-order valence-electron chi connectivity index (χ1n) is 6.22. The van der Waals surface area contributed by atoms with Crippen LogP contribution in [0.1, 0.15) is 46.1 Å². The Morgan fingerprint density at radius 2 is 2.12 bits per heavy atom. The Balaban J connectivity index is 1.84. The molecule has 0 aliphatic heterocycles. The van der Waals surface area contributed by atoms with Gasteiger partial charge in [-0.15, -0.1) is 0 Å². The normalized spacial score (nSPS) is 25.5. The molecule has 16 heavy (non-hydrogen) atoms. The smallest absolute Gasteiger partial charge is 0.0543 e. The van der Waals surface area contributed by atoms with Crippen molar-refractivity contribution in [2.45, 2.75) is 58.7 Å². The molecule has 0 atom stereocenters. The molecule has 1 aliphatic rings. The Bertz CT molecular complexity index is 342. The summed E-state index contributed by atoms with van der Waals surface area (Å²) in [6, 6.07) is 0.730. The fourth-order valence-electron chi connectivity index (χ4n) is 2.15. The second-order valence-electron chi connectivity index (χ2n) is 6.12. The third kappa shape index (κ3) is 2.64. The van der Waals surface area contributed by atoms with Gasteiger partial charge in [-0.1, -0.05) is 6.92 Å². The molecule has 0 saturated heterocycles. The van der Waals surface area contributed by atoms with Gasteiger partial charge < -0.3 is 5.32 Å². The fourth-order valence-corrected chi connectivity index (χ4v) is 2.15. The molecule has 1 N–H and O–H groups in total. The van der Waals surface area contributed by atoms with E-state index in [0.717, 1.165) is 18.5 Å². The highest BCUT2D eigenvalue weighted by Gasteiger charge is 2.24. The molecule has 3 nitrogen and oxygen atoms in total. The summed E-state index contributed by atoms with van der Waals surface area (Å²) in [5, 5.41) is 7.98. The number of hydrogen-bond donors (Lipinski definition) is 1. The van der Waals surface area contributed by atoms with E-state index in [0.29, 0.717) is 0 Å². The summed E-state index contributed by atoms with van der Waals surface area (Å²) < 4.78 is 2.04. The summed E-state index contributed by atoms with van der Waals surface area (Å²) in [7, 11) is 0. The lowest BCUT2D eigenvalue weighted by atomic mass is 9.82. The number of nitrogens with zero attached hydrogens (tertiary/aromatic N) is 2. The molecule has 1 fully saturated rings. The Hall–Kier alpha value is -0.830. The zero-order valence-corrected chi connectivity index (χ0v) is 10.8. The number of aromatic nitrogens is 2. The van der Waals surface area contributed by atoms with E-state index < -0.39 is 0 Å². The minimum atomic E-state index is 0.0865. The Kier molecular flexibility index (Phi) is 3.06. The first-order valence-corrected chi connectivity index (χ1v) is 6.22. The lowest BCUT2D eigenvalue weighted by Crippen LogP contribution is -2.39. The highest BCUT2D eigenvalue weighted by molar-refractivity contribution is 5.05. The molecule has 1 saturated carbocycles. The van der Waals surface area contributed by atoms with E-state index in [1.165, 1.54) is 18.4 Å². The molecule has 1 aromatic rings. The van der Waals surface area contributed by atoms with Crippen molar-refractivity contribution < 1.29 is 0 Å². The lowest BCUT2D eigenvalue weighted by molar-refractivity contribution is 0.240. The third-order valence-corrected chi connectivity index (χ3v) is 3.29. The van der Waals surface area contributed by atoms with Gasteiger partial charge in [-0.2, -0.15) is 5.10 Å². The third-order valence-electron chi connectivity index (χ3n) is 3.29. The van der Waals surface area contributed by atoms with E-state index in [2.05, 4.69) is 44.3 Å². The van der Waals surface area contributed by atoms with Gasteiger partial charge in [-0.25, -0.2) is 0 Å². The second kappa shape index (κ2) is 4.21. The molecule has 0 spiro atoms. The summed E-state index contributed by atoms with van der Waals surface area (Å²) in [5.74, 6) is 0.912. The standard InChI is InChI=1S/C13H23N3/c1-10-5-12(6-10)14-7-11-8-15-16(9-11)13(2,3)4/h8-10,12,14H,5-7H2,1-4H3. The van der Waals surface area contributed by atoms with Gasteiger partial charge in [0, 0.05) is 24.3 Å². The van der Waals surface area contributed by atoms with Crippen LogP contribution in [0.4, 0.5) is 0 Å². The maximum atomic E-state index is 4.40. The molecule has 1 heterocycles. The molecule has 0 unspecified atom stereocenters. The molecule has 0 aromatic carbocycles. The van der Waals surface area contributed by atoms with Crippen LogP contribution in [0.3, 0.4) is 0 Å². The van der Waals surface area contributed by atoms with Crippen molar-refractivity contribution >= 4 is 0 Å². The van der Waals surface area contributed by atoms with Crippen LogP contribution in [0.25, 0.3) is 0 Å². The first kappa shape index (κ1) is 11.6. The van der Waals surface area contributed by atoms with E-state index in [-0.39, 0.29) is 5.54 Å². The largest absolute Gasteiger partial charge is 0.310 e. The molecular weight excluding hydrogens is 198 g/mol. The minimum absolute atomic E-state index is 0.0865. The number of nitrogens with one attached hydrogen (secondary N) is 1. The molecule has 0 radical (unpaired) electrons. The van der Waals surface area contributed by atoms with Gasteiger partial charge in [-0.05, 0) is 39.5 Å². The zero-order valence-electron chi connectivity index (χ0n) is 10.8.